The molecule has 2 aromatic heterocycles. The van der Waals surface area contributed by atoms with E-state index in [1.807, 2.05) is 16.5 Å². The second-order valence-electron chi connectivity index (χ2n) is 5.99. The van der Waals surface area contributed by atoms with Crippen molar-refractivity contribution in [1.82, 2.24) is 19.7 Å². The molecule has 1 saturated heterocycles. The van der Waals surface area contributed by atoms with Crippen LogP contribution in [-0.4, -0.2) is 45.3 Å². The lowest BCUT2D eigenvalue weighted by atomic mass is 10.2. The number of hydrogen-bond acceptors (Lipinski definition) is 4. The second kappa shape index (κ2) is 6.40. The Labute approximate surface area is 136 Å². The van der Waals surface area contributed by atoms with Crippen LogP contribution in [0.5, 0.6) is 5.88 Å². The van der Waals surface area contributed by atoms with Gasteiger partial charge in [-0.1, -0.05) is 0 Å². The van der Waals surface area contributed by atoms with Crippen LogP contribution in [0.15, 0.2) is 24.4 Å². The smallest absolute Gasteiger partial charge is 0.255 e. The van der Waals surface area contributed by atoms with Crippen LogP contribution in [-0.2, 0) is 6.54 Å². The van der Waals surface area contributed by atoms with E-state index in [-0.39, 0.29) is 11.9 Å². The fourth-order valence-electron chi connectivity index (χ4n) is 3.15. The highest BCUT2D eigenvalue weighted by atomic mass is 16.5. The summed E-state index contributed by atoms with van der Waals surface area (Å²) in [4.78, 5) is 18.8. The largest absolute Gasteiger partial charge is 0.481 e. The first-order valence-electron chi connectivity index (χ1n) is 7.90. The van der Waals surface area contributed by atoms with Gasteiger partial charge in [-0.25, -0.2) is 4.98 Å². The summed E-state index contributed by atoms with van der Waals surface area (Å²) in [5.74, 6) is 0.548. The van der Waals surface area contributed by atoms with E-state index in [1.165, 1.54) is 0 Å². The number of aromatic nitrogens is 3. The molecular formula is C17H22N4O2. The summed E-state index contributed by atoms with van der Waals surface area (Å²) in [5, 5.41) is 4.51. The number of pyridine rings is 1. The fourth-order valence-corrected chi connectivity index (χ4v) is 3.15. The van der Waals surface area contributed by atoms with Crippen molar-refractivity contribution in [2.24, 2.45) is 0 Å². The first-order chi connectivity index (χ1) is 11.1. The highest BCUT2D eigenvalue weighted by Crippen LogP contribution is 2.22. The van der Waals surface area contributed by atoms with Gasteiger partial charge in [-0.2, -0.15) is 5.10 Å². The van der Waals surface area contributed by atoms with Gasteiger partial charge in [0.05, 0.1) is 31.0 Å². The SMILES string of the molecule is COc1ccc(C(=O)N2CCC[C@H]2Cn2nc(C)cc2C)cn1. The van der Waals surface area contributed by atoms with Gasteiger partial charge in [0, 0.05) is 24.5 Å². The van der Waals surface area contributed by atoms with Crippen molar-refractivity contribution in [1.29, 1.82) is 0 Å². The topological polar surface area (TPSA) is 60.2 Å². The lowest BCUT2D eigenvalue weighted by Crippen LogP contribution is -2.38. The van der Waals surface area contributed by atoms with Crippen LogP contribution >= 0.6 is 0 Å². The van der Waals surface area contributed by atoms with Crippen LogP contribution in [0.25, 0.3) is 0 Å². The lowest BCUT2D eigenvalue weighted by molar-refractivity contribution is 0.0720. The maximum atomic E-state index is 12.8. The Morgan fingerprint density at radius 3 is 2.83 bits per heavy atom. The van der Waals surface area contributed by atoms with Gasteiger partial charge in [0.15, 0.2) is 0 Å². The maximum absolute atomic E-state index is 12.8. The minimum atomic E-state index is 0.0317. The molecule has 6 heteroatoms. The van der Waals surface area contributed by atoms with Crippen LogP contribution in [0, 0.1) is 13.8 Å². The highest BCUT2D eigenvalue weighted by molar-refractivity contribution is 5.94. The van der Waals surface area contributed by atoms with Crippen molar-refractivity contribution in [2.45, 2.75) is 39.3 Å². The zero-order valence-electron chi connectivity index (χ0n) is 13.8. The normalized spacial score (nSPS) is 17.5. The van der Waals surface area contributed by atoms with E-state index in [9.17, 15) is 4.79 Å². The van der Waals surface area contributed by atoms with E-state index in [4.69, 9.17) is 4.74 Å². The molecule has 0 radical (unpaired) electrons. The Hall–Kier alpha value is -2.37. The number of aryl methyl sites for hydroxylation is 2. The molecule has 2 aromatic rings. The predicted octanol–water partition coefficient (Wildman–Crippen LogP) is 2.21. The van der Waals surface area contributed by atoms with E-state index in [1.54, 1.807) is 25.4 Å². The number of amides is 1. The van der Waals surface area contributed by atoms with Crippen molar-refractivity contribution in [3.63, 3.8) is 0 Å². The number of methoxy groups -OCH3 is 1. The van der Waals surface area contributed by atoms with Gasteiger partial charge >= 0.3 is 0 Å². The van der Waals surface area contributed by atoms with Crippen molar-refractivity contribution in [2.75, 3.05) is 13.7 Å². The third-order valence-corrected chi connectivity index (χ3v) is 4.32. The summed E-state index contributed by atoms with van der Waals surface area (Å²) >= 11 is 0. The van der Waals surface area contributed by atoms with Gasteiger partial charge in [0.2, 0.25) is 5.88 Å². The molecule has 0 spiro atoms. The summed E-state index contributed by atoms with van der Waals surface area (Å²) in [7, 11) is 1.56. The third-order valence-electron chi connectivity index (χ3n) is 4.32. The first kappa shape index (κ1) is 15.5. The number of hydrogen-bond donors (Lipinski definition) is 0. The maximum Gasteiger partial charge on any atom is 0.255 e. The highest BCUT2D eigenvalue weighted by Gasteiger charge is 2.30. The van der Waals surface area contributed by atoms with Crippen LogP contribution < -0.4 is 4.74 Å². The number of nitrogens with zero attached hydrogens (tertiary/aromatic N) is 4. The minimum absolute atomic E-state index is 0.0317. The predicted molar refractivity (Wildman–Crippen MR) is 86.5 cm³/mol. The quantitative estimate of drug-likeness (QED) is 0.868. The number of carbonyl (C=O) groups excluding carboxylic acids is 1. The molecule has 0 unspecified atom stereocenters. The molecule has 1 atom stereocenters. The van der Waals surface area contributed by atoms with E-state index in [2.05, 4.69) is 23.1 Å². The molecule has 1 aliphatic heterocycles. The van der Waals surface area contributed by atoms with Gasteiger partial charge < -0.3 is 9.64 Å². The Morgan fingerprint density at radius 2 is 2.22 bits per heavy atom. The summed E-state index contributed by atoms with van der Waals surface area (Å²) < 4.78 is 7.04. The molecule has 0 saturated carbocycles. The van der Waals surface area contributed by atoms with Crippen LogP contribution in [0.3, 0.4) is 0 Å². The van der Waals surface area contributed by atoms with Crippen molar-refractivity contribution in [3.8, 4) is 5.88 Å². The molecule has 3 heterocycles. The summed E-state index contributed by atoms with van der Waals surface area (Å²) in [6, 6.07) is 5.74. The van der Waals surface area contributed by atoms with Gasteiger partial charge in [-0.15, -0.1) is 0 Å². The Bertz CT molecular complexity index is 693. The van der Waals surface area contributed by atoms with E-state index in [0.29, 0.717) is 11.4 Å². The fraction of sp³-hybridized carbons (Fsp3) is 0.471. The summed E-state index contributed by atoms with van der Waals surface area (Å²) in [5.41, 5.74) is 2.75. The Morgan fingerprint density at radius 1 is 1.39 bits per heavy atom. The average Bonchev–Trinajstić information content (AvgIpc) is 3.13. The monoisotopic (exact) mass is 314 g/mol. The molecule has 6 nitrogen and oxygen atoms in total. The number of ether oxygens (including phenoxy) is 1. The van der Waals surface area contributed by atoms with Crippen molar-refractivity contribution >= 4 is 5.91 Å². The summed E-state index contributed by atoms with van der Waals surface area (Å²) in [6.07, 6.45) is 3.62. The van der Waals surface area contributed by atoms with Crippen LogP contribution in [0.1, 0.15) is 34.6 Å². The zero-order chi connectivity index (χ0) is 16.4. The molecule has 0 aliphatic carbocycles. The molecule has 122 valence electrons. The Balaban J connectivity index is 1.75. The molecule has 1 fully saturated rings. The van der Waals surface area contributed by atoms with Crippen molar-refractivity contribution < 1.29 is 9.53 Å². The molecule has 3 rings (SSSR count). The molecule has 23 heavy (non-hydrogen) atoms. The van der Waals surface area contributed by atoms with Gasteiger partial charge in [-0.3, -0.25) is 9.48 Å². The molecule has 0 N–H and O–H groups in total. The number of rotatable bonds is 4. The van der Waals surface area contributed by atoms with E-state index < -0.39 is 0 Å². The van der Waals surface area contributed by atoms with Crippen molar-refractivity contribution in [3.05, 3.63) is 41.3 Å². The second-order valence-corrected chi connectivity index (χ2v) is 5.99. The number of carbonyl (C=O) groups is 1. The third kappa shape index (κ3) is 3.21. The molecule has 0 bridgehead atoms. The van der Waals surface area contributed by atoms with E-state index in [0.717, 1.165) is 37.3 Å². The van der Waals surface area contributed by atoms with Crippen LogP contribution in [0.2, 0.25) is 0 Å². The number of likely N-dealkylation sites (tertiary alicyclic amines) is 1. The molecule has 0 aromatic carbocycles. The van der Waals surface area contributed by atoms with Gasteiger partial charge in [0.1, 0.15) is 0 Å². The molecule has 1 amide bonds. The Kier molecular flexibility index (Phi) is 4.32. The summed E-state index contributed by atoms with van der Waals surface area (Å²) in [6.45, 7) is 5.57. The lowest BCUT2D eigenvalue weighted by Gasteiger charge is -2.25. The molecule has 1 aliphatic rings. The van der Waals surface area contributed by atoms with Gasteiger partial charge in [0.25, 0.3) is 5.91 Å². The molecular weight excluding hydrogens is 292 g/mol. The first-order valence-corrected chi connectivity index (χ1v) is 7.90. The van der Waals surface area contributed by atoms with Crippen LogP contribution in [0.4, 0.5) is 0 Å². The minimum Gasteiger partial charge on any atom is -0.481 e. The van der Waals surface area contributed by atoms with Gasteiger partial charge in [-0.05, 0) is 38.8 Å². The average molecular weight is 314 g/mol. The zero-order valence-corrected chi connectivity index (χ0v) is 13.8. The van der Waals surface area contributed by atoms with E-state index >= 15 is 0 Å². The standard InChI is InChI=1S/C17H22N4O2/c1-12-9-13(2)21(19-12)11-15-5-4-8-20(15)17(22)14-6-7-16(23-3)18-10-14/h6-7,9-10,15H,4-5,8,11H2,1-3H3/t15-/m0/s1.